The molecular weight excluding hydrogens is 467 g/mol. The Bertz CT molecular complexity index is 1170. The molecular formula is C22H27FN4O6S. The second kappa shape index (κ2) is 11.1. The summed E-state index contributed by atoms with van der Waals surface area (Å²) in [7, 11) is -2.62. The van der Waals surface area contributed by atoms with Gasteiger partial charge in [-0.2, -0.15) is 0 Å². The number of anilines is 1. The van der Waals surface area contributed by atoms with Gasteiger partial charge in [-0.25, -0.2) is 12.8 Å². The lowest BCUT2D eigenvalue weighted by Gasteiger charge is -2.32. The molecule has 2 aromatic carbocycles. The van der Waals surface area contributed by atoms with Gasteiger partial charge in [0.25, 0.3) is 5.69 Å². The first-order valence-corrected chi connectivity index (χ1v) is 12.2. The molecule has 1 N–H and O–H groups in total. The summed E-state index contributed by atoms with van der Waals surface area (Å²) in [5.74, 6) is -1.61. The van der Waals surface area contributed by atoms with Crippen molar-refractivity contribution in [2.24, 2.45) is 0 Å². The molecule has 0 heterocycles. The van der Waals surface area contributed by atoms with Crippen molar-refractivity contribution in [1.29, 1.82) is 0 Å². The average Bonchev–Trinajstić information content (AvgIpc) is 2.77. The summed E-state index contributed by atoms with van der Waals surface area (Å²) in [5, 5.41) is 13.7. The molecule has 0 aliphatic rings. The summed E-state index contributed by atoms with van der Waals surface area (Å²) < 4.78 is 39.4. The van der Waals surface area contributed by atoms with E-state index in [0.29, 0.717) is 11.1 Å². The smallest absolute Gasteiger partial charge is 0.271 e. The van der Waals surface area contributed by atoms with Crippen LogP contribution in [0.5, 0.6) is 0 Å². The van der Waals surface area contributed by atoms with Gasteiger partial charge in [0, 0.05) is 25.7 Å². The van der Waals surface area contributed by atoms with E-state index < -0.39 is 45.2 Å². The molecule has 2 amide bonds. The van der Waals surface area contributed by atoms with E-state index in [9.17, 15) is 32.5 Å². The van der Waals surface area contributed by atoms with E-state index in [1.807, 2.05) is 0 Å². The predicted molar refractivity (Wildman–Crippen MR) is 125 cm³/mol. The molecule has 0 fully saturated rings. The third-order valence-corrected chi connectivity index (χ3v) is 6.38. The van der Waals surface area contributed by atoms with E-state index in [-0.39, 0.29) is 24.3 Å². The highest BCUT2D eigenvalue weighted by Crippen LogP contribution is 2.28. The van der Waals surface area contributed by atoms with Crippen LogP contribution >= 0.6 is 0 Å². The van der Waals surface area contributed by atoms with Crippen LogP contribution in [0.15, 0.2) is 42.5 Å². The number of nitro groups is 1. The number of nitrogens with one attached hydrogen (secondary N) is 1. The monoisotopic (exact) mass is 494 g/mol. The zero-order valence-corrected chi connectivity index (χ0v) is 20.1. The Morgan fingerprint density at radius 1 is 1.18 bits per heavy atom. The number of rotatable bonds is 10. The van der Waals surface area contributed by atoms with Gasteiger partial charge in [-0.05, 0) is 36.6 Å². The van der Waals surface area contributed by atoms with Crippen LogP contribution in [0, 0.1) is 22.9 Å². The number of benzene rings is 2. The fourth-order valence-corrected chi connectivity index (χ4v) is 4.35. The lowest BCUT2D eigenvalue weighted by Crippen LogP contribution is -2.51. The molecule has 12 heteroatoms. The molecule has 0 aliphatic heterocycles. The molecule has 1 atom stereocenters. The Morgan fingerprint density at radius 2 is 1.79 bits per heavy atom. The molecule has 0 spiro atoms. The van der Waals surface area contributed by atoms with Gasteiger partial charge in [0.05, 0.1) is 16.9 Å². The number of non-ortho nitro benzene ring substituents is 1. The predicted octanol–water partition coefficient (Wildman–Crippen LogP) is 2.36. The van der Waals surface area contributed by atoms with Crippen molar-refractivity contribution in [3.63, 3.8) is 0 Å². The number of likely N-dealkylation sites (N-methyl/N-ethyl adjacent to an activating group) is 1. The highest BCUT2D eigenvalue weighted by Gasteiger charge is 2.32. The van der Waals surface area contributed by atoms with Crippen LogP contribution in [0.1, 0.15) is 24.5 Å². The summed E-state index contributed by atoms with van der Waals surface area (Å²) in [6.07, 6.45) is 1.13. The van der Waals surface area contributed by atoms with Gasteiger partial charge in [0.2, 0.25) is 21.8 Å². The van der Waals surface area contributed by atoms with Crippen LogP contribution in [0.2, 0.25) is 0 Å². The highest BCUT2D eigenvalue weighted by atomic mass is 32.2. The lowest BCUT2D eigenvalue weighted by molar-refractivity contribution is -0.384. The van der Waals surface area contributed by atoms with Gasteiger partial charge >= 0.3 is 0 Å². The maximum absolute atomic E-state index is 13.4. The standard InChI is InChI=1S/C22H27FN4O6S/c1-5-19(22(29)24-3)25(13-16-7-9-17(23)10-8-16)21(28)14-26(34(4,32)33)20-12-18(27(30)31)11-6-15(20)2/h6-12,19H,5,13-14H2,1-4H3,(H,24,29). The van der Waals surface area contributed by atoms with Crippen LogP contribution in [0.3, 0.4) is 0 Å². The SMILES string of the molecule is CCC(C(=O)NC)N(Cc1ccc(F)cc1)C(=O)CN(c1cc([N+](=O)[O-])ccc1C)S(C)(=O)=O. The normalized spacial score (nSPS) is 12.0. The fraction of sp³-hybridized carbons (Fsp3) is 0.364. The van der Waals surface area contributed by atoms with Crippen LogP contribution in [0.25, 0.3) is 0 Å². The van der Waals surface area contributed by atoms with Crippen molar-refractivity contribution >= 4 is 33.2 Å². The quantitative estimate of drug-likeness (QED) is 0.399. The van der Waals surface area contributed by atoms with Gasteiger partial charge in [-0.3, -0.25) is 24.0 Å². The van der Waals surface area contributed by atoms with Crippen molar-refractivity contribution in [3.8, 4) is 0 Å². The topological polar surface area (TPSA) is 130 Å². The lowest BCUT2D eigenvalue weighted by atomic mass is 10.1. The Labute approximate surface area is 197 Å². The molecule has 184 valence electrons. The number of carbonyl (C=O) groups excluding carboxylic acids is 2. The first-order chi connectivity index (χ1) is 15.9. The zero-order valence-electron chi connectivity index (χ0n) is 19.3. The third-order valence-electron chi connectivity index (χ3n) is 5.25. The highest BCUT2D eigenvalue weighted by molar-refractivity contribution is 7.92. The van der Waals surface area contributed by atoms with Crippen LogP contribution in [-0.2, 0) is 26.2 Å². The number of hydrogen-bond donors (Lipinski definition) is 1. The minimum atomic E-state index is -4.04. The maximum atomic E-state index is 13.4. The fourth-order valence-electron chi connectivity index (χ4n) is 3.45. The van der Waals surface area contributed by atoms with Crippen LogP contribution in [0.4, 0.5) is 15.8 Å². The molecule has 0 radical (unpaired) electrons. The van der Waals surface area contributed by atoms with Gasteiger partial charge < -0.3 is 10.2 Å². The van der Waals surface area contributed by atoms with E-state index in [1.165, 1.54) is 48.3 Å². The minimum Gasteiger partial charge on any atom is -0.357 e. The largest absolute Gasteiger partial charge is 0.357 e. The second-order valence-corrected chi connectivity index (χ2v) is 9.59. The van der Waals surface area contributed by atoms with Crippen molar-refractivity contribution < 1.29 is 27.3 Å². The third kappa shape index (κ3) is 6.50. The first-order valence-electron chi connectivity index (χ1n) is 10.4. The summed E-state index contributed by atoms with van der Waals surface area (Å²) in [4.78, 5) is 37.7. The molecule has 2 rings (SSSR count). The number of sulfonamides is 1. The van der Waals surface area contributed by atoms with Crippen LogP contribution in [-0.4, -0.2) is 55.9 Å². The Balaban J connectivity index is 2.51. The minimum absolute atomic E-state index is 0.0141. The number of hydrogen-bond acceptors (Lipinski definition) is 6. The van der Waals surface area contributed by atoms with E-state index >= 15 is 0 Å². The van der Waals surface area contributed by atoms with Crippen LogP contribution < -0.4 is 9.62 Å². The van der Waals surface area contributed by atoms with E-state index in [1.54, 1.807) is 13.8 Å². The number of amides is 2. The summed E-state index contributed by atoms with van der Waals surface area (Å²) >= 11 is 0. The van der Waals surface area contributed by atoms with E-state index in [2.05, 4.69) is 5.32 Å². The second-order valence-electron chi connectivity index (χ2n) is 7.68. The van der Waals surface area contributed by atoms with Gasteiger partial charge in [0.1, 0.15) is 18.4 Å². The van der Waals surface area contributed by atoms with E-state index in [0.717, 1.165) is 16.6 Å². The Morgan fingerprint density at radius 3 is 2.29 bits per heavy atom. The molecule has 0 aliphatic carbocycles. The molecule has 34 heavy (non-hydrogen) atoms. The summed E-state index contributed by atoms with van der Waals surface area (Å²) in [5.41, 5.74) is 0.600. The number of nitrogens with zero attached hydrogens (tertiary/aromatic N) is 3. The number of aryl methyl sites for hydroxylation is 1. The average molecular weight is 495 g/mol. The molecule has 1 unspecified atom stereocenters. The molecule has 0 bridgehead atoms. The van der Waals surface area contributed by atoms with Gasteiger partial charge in [0.15, 0.2) is 0 Å². The summed E-state index contributed by atoms with van der Waals surface area (Å²) in [6, 6.07) is 8.16. The molecule has 2 aromatic rings. The Kier molecular flexibility index (Phi) is 8.68. The first kappa shape index (κ1) is 26.7. The van der Waals surface area contributed by atoms with Crippen molar-refractivity contribution in [3.05, 3.63) is 69.5 Å². The maximum Gasteiger partial charge on any atom is 0.271 e. The van der Waals surface area contributed by atoms with Gasteiger partial charge in [-0.1, -0.05) is 25.1 Å². The molecule has 10 nitrogen and oxygen atoms in total. The van der Waals surface area contributed by atoms with Gasteiger partial charge in [-0.15, -0.1) is 0 Å². The molecule has 0 saturated carbocycles. The Hall–Kier alpha value is -3.54. The molecule has 0 aromatic heterocycles. The van der Waals surface area contributed by atoms with Crippen molar-refractivity contribution in [2.75, 3.05) is 24.2 Å². The zero-order chi connectivity index (χ0) is 25.6. The summed E-state index contributed by atoms with van der Waals surface area (Å²) in [6.45, 7) is 2.51. The number of nitro benzene ring substituents is 1. The molecule has 0 saturated heterocycles. The van der Waals surface area contributed by atoms with E-state index in [4.69, 9.17) is 0 Å². The number of halogens is 1. The number of carbonyl (C=O) groups is 2. The van der Waals surface area contributed by atoms with Crippen molar-refractivity contribution in [2.45, 2.75) is 32.9 Å². The van der Waals surface area contributed by atoms with Crippen molar-refractivity contribution in [1.82, 2.24) is 10.2 Å².